The highest BCUT2D eigenvalue weighted by atomic mass is 16.6. The number of nitrogens with zero attached hydrogens (tertiary/aromatic N) is 2. The molecule has 1 aliphatic heterocycles. The number of carbonyl (C=O) groups excluding carboxylic acids is 1. The summed E-state index contributed by atoms with van der Waals surface area (Å²) in [6, 6.07) is 16.9. The van der Waals surface area contributed by atoms with Gasteiger partial charge in [-0.1, -0.05) is 42.5 Å². The van der Waals surface area contributed by atoms with E-state index >= 15 is 0 Å². The lowest BCUT2D eigenvalue weighted by molar-refractivity contribution is -0.384. The lowest BCUT2D eigenvalue weighted by Crippen LogP contribution is -2.38. The average molecular weight is 353 g/mol. The van der Waals surface area contributed by atoms with E-state index in [2.05, 4.69) is 29.6 Å². The summed E-state index contributed by atoms with van der Waals surface area (Å²) in [4.78, 5) is 24.9. The average Bonchev–Trinajstić information content (AvgIpc) is 2.69. The molecule has 26 heavy (non-hydrogen) atoms. The Morgan fingerprint density at radius 1 is 1.08 bits per heavy atom. The molecule has 1 aliphatic rings. The number of carbonyl (C=O) groups is 1. The molecular formula is C20H23N3O3. The maximum absolute atomic E-state index is 12.4. The Balaban J connectivity index is 1.46. The van der Waals surface area contributed by atoms with E-state index in [1.165, 1.54) is 11.6 Å². The van der Waals surface area contributed by atoms with Crippen LogP contribution in [0.15, 0.2) is 54.6 Å². The lowest BCUT2D eigenvalue weighted by atomic mass is 9.89. The normalized spacial score (nSPS) is 14.8. The Bertz CT molecular complexity index is 756. The van der Waals surface area contributed by atoms with E-state index in [4.69, 9.17) is 0 Å². The van der Waals surface area contributed by atoms with Crippen molar-refractivity contribution in [2.45, 2.75) is 25.2 Å². The van der Waals surface area contributed by atoms with E-state index in [1.54, 1.807) is 18.2 Å². The molecule has 1 amide bonds. The van der Waals surface area contributed by atoms with Gasteiger partial charge in [0.05, 0.1) is 4.92 Å². The number of nitro benzene ring substituents is 1. The van der Waals surface area contributed by atoms with Crippen LogP contribution in [0.3, 0.4) is 0 Å². The zero-order valence-electron chi connectivity index (χ0n) is 14.6. The van der Waals surface area contributed by atoms with Gasteiger partial charge in [-0.2, -0.15) is 0 Å². The SMILES string of the molecule is O=C(CCNc1ccccc1[N+](=O)[O-])N1CCC(c2ccccc2)CC1. The van der Waals surface area contributed by atoms with E-state index in [-0.39, 0.29) is 11.6 Å². The molecule has 2 aromatic rings. The van der Waals surface area contributed by atoms with Crippen LogP contribution in [0, 0.1) is 10.1 Å². The first-order valence-corrected chi connectivity index (χ1v) is 8.95. The molecule has 136 valence electrons. The Morgan fingerprint density at radius 2 is 1.73 bits per heavy atom. The quantitative estimate of drug-likeness (QED) is 0.633. The van der Waals surface area contributed by atoms with Gasteiger partial charge in [0.2, 0.25) is 5.91 Å². The maximum atomic E-state index is 12.4. The van der Waals surface area contributed by atoms with Gasteiger partial charge in [0.1, 0.15) is 5.69 Å². The van der Waals surface area contributed by atoms with Crippen molar-refractivity contribution in [3.63, 3.8) is 0 Å². The van der Waals surface area contributed by atoms with E-state index in [0.29, 0.717) is 24.6 Å². The minimum absolute atomic E-state index is 0.0311. The zero-order valence-corrected chi connectivity index (χ0v) is 14.6. The molecule has 6 nitrogen and oxygen atoms in total. The molecule has 3 rings (SSSR count). The van der Waals surface area contributed by atoms with Gasteiger partial charge in [-0.25, -0.2) is 0 Å². The molecular weight excluding hydrogens is 330 g/mol. The van der Waals surface area contributed by atoms with Crippen LogP contribution in [0.5, 0.6) is 0 Å². The smallest absolute Gasteiger partial charge is 0.292 e. The van der Waals surface area contributed by atoms with Gasteiger partial charge >= 0.3 is 0 Å². The van der Waals surface area contributed by atoms with Crippen LogP contribution in [-0.4, -0.2) is 35.4 Å². The van der Waals surface area contributed by atoms with Gasteiger partial charge in [0, 0.05) is 32.1 Å². The second-order valence-corrected chi connectivity index (χ2v) is 6.52. The van der Waals surface area contributed by atoms with E-state index in [0.717, 1.165) is 25.9 Å². The van der Waals surface area contributed by atoms with Crippen molar-refractivity contribution in [3.8, 4) is 0 Å². The van der Waals surface area contributed by atoms with Crippen LogP contribution in [0.4, 0.5) is 11.4 Å². The largest absolute Gasteiger partial charge is 0.379 e. The minimum atomic E-state index is -0.418. The van der Waals surface area contributed by atoms with Crippen LogP contribution in [0.2, 0.25) is 0 Å². The molecule has 1 saturated heterocycles. The van der Waals surface area contributed by atoms with E-state index in [1.807, 2.05) is 11.0 Å². The molecule has 0 saturated carbocycles. The topological polar surface area (TPSA) is 75.5 Å². The van der Waals surface area contributed by atoms with Crippen molar-refractivity contribution in [1.82, 2.24) is 4.90 Å². The van der Waals surface area contributed by atoms with Gasteiger partial charge in [0.15, 0.2) is 0 Å². The van der Waals surface area contributed by atoms with Crippen molar-refractivity contribution in [2.75, 3.05) is 25.0 Å². The first kappa shape index (κ1) is 17.9. The number of piperidine rings is 1. The Hall–Kier alpha value is -2.89. The van der Waals surface area contributed by atoms with Gasteiger partial charge in [-0.15, -0.1) is 0 Å². The first-order valence-electron chi connectivity index (χ1n) is 8.95. The van der Waals surface area contributed by atoms with Crippen LogP contribution in [0.1, 0.15) is 30.7 Å². The van der Waals surface area contributed by atoms with Crippen molar-refractivity contribution < 1.29 is 9.72 Å². The fraction of sp³-hybridized carbons (Fsp3) is 0.350. The molecule has 1 heterocycles. The standard InChI is InChI=1S/C20H23N3O3/c24-20(10-13-21-18-8-4-5-9-19(18)23(25)26)22-14-11-17(12-15-22)16-6-2-1-3-7-16/h1-9,17,21H,10-15H2. The predicted octanol–water partition coefficient (Wildman–Crippen LogP) is 3.80. The summed E-state index contributed by atoms with van der Waals surface area (Å²) < 4.78 is 0. The number of hydrogen-bond acceptors (Lipinski definition) is 4. The van der Waals surface area contributed by atoms with Crippen LogP contribution in [-0.2, 0) is 4.79 Å². The van der Waals surface area contributed by atoms with Gasteiger partial charge in [-0.3, -0.25) is 14.9 Å². The number of likely N-dealkylation sites (tertiary alicyclic amines) is 1. The molecule has 0 unspecified atom stereocenters. The minimum Gasteiger partial charge on any atom is -0.379 e. The molecule has 1 N–H and O–H groups in total. The van der Waals surface area contributed by atoms with Crippen LogP contribution in [0.25, 0.3) is 0 Å². The first-order chi connectivity index (χ1) is 12.6. The second-order valence-electron chi connectivity index (χ2n) is 6.52. The molecule has 2 aromatic carbocycles. The molecule has 0 bridgehead atoms. The maximum Gasteiger partial charge on any atom is 0.292 e. The summed E-state index contributed by atoms with van der Waals surface area (Å²) >= 11 is 0. The van der Waals surface area contributed by atoms with Crippen molar-refractivity contribution >= 4 is 17.3 Å². The Labute approximate surface area is 153 Å². The summed E-state index contributed by atoms with van der Waals surface area (Å²) in [5.74, 6) is 0.618. The summed E-state index contributed by atoms with van der Waals surface area (Å²) in [6.07, 6.45) is 2.29. The van der Waals surface area contributed by atoms with E-state index in [9.17, 15) is 14.9 Å². The fourth-order valence-corrected chi connectivity index (χ4v) is 3.43. The summed E-state index contributed by atoms with van der Waals surface area (Å²) in [6.45, 7) is 1.93. The van der Waals surface area contributed by atoms with Crippen LogP contribution >= 0.6 is 0 Å². The third kappa shape index (κ3) is 4.39. The van der Waals surface area contributed by atoms with Gasteiger partial charge < -0.3 is 10.2 Å². The number of amides is 1. The highest BCUT2D eigenvalue weighted by Crippen LogP contribution is 2.28. The highest BCUT2D eigenvalue weighted by Gasteiger charge is 2.23. The fourth-order valence-electron chi connectivity index (χ4n) is 3.43. The number of rotatable bonds is 6. The van der Waals surface area contributed by atoms with Gasteiger partial charge in [-0.05, 0) is 30.4 Å². The third-order valence-corrected chi connectivity index (χ3v) is 4.87. The number of para-hydroxylation sites is 2. The number of benzene rings is 2. The Kier molecular flexibility index (Phi) is 5.84. The van der Waals surface area contributed by atoms with Crippen LogP contribution < -0.4 is 5.32 Å². The molecule has 1 fully saturated rings. The summed E-state index contributed by atoms with van der Waals surface area (Å²) in [5, 5.41) is 14.0. The van der Waals surface area contributed by atoms with Crippen molar-refractivity contribution in [2.24, 2.45) is 0 Å². The van der Waals surface area contributed by atoms with E-state index < -0.39 is 4.92 Å². The molecule has 0 spiro atoms. The Morgan fingerprint density at radius 3 is 2.42 bits per heavy atom. The highest BCUT2D eigenvalue weighted by molar-refractivity contribution is 5.77. The summed E-state index contributed by atoms with van der Waals surface area (Å²) in [7, 11) is 0. The number of anilines is 1. The monoisotopic (exact) mass is 353 g/mol. The van der Waals surface area contributed by atoms with Crippen molar-refractivity contribution in [1.29, 1.82) is 0 Å². The molecule has 0 aromatic heterocycles. The number of hydrogen-bond donors (Lipinski definition) is 1. The number of nitro groups is 1. The van der Waals surface area contributed by atoms with Crippen molar-refractivity contribution in [3.05, 3.63) is 70.3 Å². The third-order valence-electron chi connectivity index (χ3n) is 4.87. The lowest BCUT2D eigenvalue weighted by Gasteiger charge is -2.32. The summed E-state index contributed by atoms with van der Waals surface area (Å²) in [5.41, 5.74) is 1.83. The zero-order chi connectivity index (χ0) is 18.4. The molecule has 0 aliphatic carbocycles. The molecule has 0 atom stereocenters. The van der Waals surface area contributed by atoms with Gasteiger partial charge in [0.25, 0.3) is 5.69 Å². The molecule has 6 heteroatoms. The number of nitrogens with one attached hydrogen (secondary N) is 1. The predicted molar refractivity (Wildman–Crippen MR) is 101 cm³/mol. The molecule has 0 radical (unpaired) electrons. The second kappa shape index (κ2) is 8.47.